The summed E-state index contributed by atoms with van der Waals surface area (Å²) in [5, 5.41) is 0. The number of imidazole rings is 1. The van der Waals surface area contributed by atoms with Gasteiger partial charge in [-0.2, -0.15) is 0 Å². The van der Waals surface area contributed by atoms with E-state index >= 15 is 0 Å². The zero-order chi connectivity index (χ0) is 18.6. The first-order valence-electron chi connectivity index (χ1n) is 8.58. The highest BCUT2D eigenvalue weighted by molar-refractivity contribution is 5.97. The average molecular weight is 346 g/mol. The molecular weight excluding hydrogens is 320 g/mol. The van der Waals surface area contributed by atoms with Gasteiger partial charge in [0.1, 0.15) is 5.69 Å². The van der Waals surface area contributed by atoms with Gasteiger partial charge in [-0.3, -0.25) is 14.0 Å². The van der Waals surface area contributed by atoms with Crippen LogP contribution in [0.3, 0.4) is 0 Å². The number of esters is 1. The van der Waals surface area contributed by atoms with Crippen molar-refractivity contribution in [3.63, 3.8) is 0 Å². The summed E-state index contributed by atoms with van der Waals surface area (Å²) in [6.45, 7) is 10.2. The molecule has 0 saturated carbocycles. The third-order valence-electron chi connectivity index (χ3n) is 3.92. The number of ketones is 1. The number of aryl methyl sites for hydroxylation is 1. The minimum atomic E-state index is -0.489. The molecule has 0 aliphatic heterocycles. The van der Waals surface area contributed by atoms with Crippen LogP contribution in [0.4, 0.5) is 0 Å². The van der Waals surface area contributed by atoms with Crippen LogP contribution < -0.4 is 4.74 Å². The molecule has 0 saturated heterocycles. The second kappa shape index (κ2) is 7.68. The van der Waals surface area contributed by atoms with E-state index in [9.17, 15) is 9.59 Å². The number of pyridine rings is 1. The Hall–Kier alpha value is -2.37. The number of aromatic nitrogens is 2. The number of carbonyl (C=O) groups excluding carboxylic acids is 2. The molecular formula is C19H26N2O4. The third-order valence-corrected chi connectivity index (χ3v) is 3.92. The Labute approximate surface area is 148 Å². The normalized spacial score (nSPS) is 11.6. The van der Waals surface area contributed by atoms with Gasteiger partial charge in [-0.1, -0.05) is 13.8 Å². The summed E-state index contributed by atoms with van der Waals surface area (Å²) in [6.07, 6.45) is 2.25. The number of Topliss-reactive ketones (excluding diaryl/α,β-unsaturated/α-hetero) is 1. The lowest BCUT2D eigenvalue weighted by Crippen LogP contribution is -2.23. The fourth-order valence-corrected chi connectivity index (χ4v) is 2.94. The molecule has 2 aromatic rings. The molecule has 2 aromatic heterocycles. The predicted molar refractivity (Wildman–Crippen MR) is 95.1 cm³/mol. The van der Waals surface area contributed by atoms with Crippen molar-refractivity contribution in [2.24, 2.45) is 5.41 Å². The highest BCUT2D eigenvalue weighted by atomic mass is 16.5. The van der Waals surface area contributed by atoms with E-state index in [1.807, 2.05) is 46.0 Å². The molecule has 0 aliphatic rings. The number of nitrogens with zero attached hydrogens (tertiary/aromatic N) is 2. The van der Waals surface area contributed by atoms with Crippen molar-refractivity contribution in [2.45, 2.75) is 47.5 Å². The van der Waals surface area contributed by atoms with Crippen molar-refractivity contribution in [1.29, 1.82) is 0 Å². The molecule has 6 heteroatoms. The molecule has 0 atom stereocenters. The summed E-state index contributed by atoms with van der Waals surface area (Å²) in [7, 11) is 0. The van der Waals surface area contributed by atoms with Gasteiger partial charge in [0.05, 0.1) is 25.3 Å². The predicted octanol–water partition coefficient (Wildman–Crippen LogP) is 3.59. The maximum atomic E-state index is 12.9. The van der Waals surface area contributed by atoms with E-state index < -0.39 is 5.41 Å². The van der Waals surface area contributed by atoms with Crippen LogP contribution >= 0.6 is 0 Å². The Kier molecular flexibility index (Phi) is 5.82. The van der Waals surface area contributed by atoms with Gasteiger partial charge in [0, 0.05) is 12.6 Å². The highest BCUT2D eigenvalue weighted by Crippen LogP contribution is 2.30. The van der Waals surface area contributed by atoms with Crippen molar-refractivity contribution in [2.75, 3.05) is 13.2 Å². The minimum Gasteiger partial charge on any atom is -0.490 e. The molecule has 0 N–H and O–H groups in total. The van der Waals surface area contributed by atoms with Crippen molar-refractivity contribution < 1.29 is 19.1 Å². The molecule has 0 fully saturated rings. The number of carbonyl (C=O) groups is 2. The van der Waals surface area contributed by atoms with Crippen molar-refractivity contribution in [3.8, 4) is 5.75 Å². The van der Waals surface area contributed by atoms with Crippen LogP contribution in [0.2, 0.25) is 0 Å². The minimum absolute atomic E-state index is 0.0482. The van der Waals surface area contributed by atoms with Crippen LogP contribution in [-0.4, -0.2) is 34.4 Å². The van der Waals surface area contributed by atoms with E-state index in [4.69, 9.17) is 9.47 Å². The maximum absolute atomic E-state index is 12.9. The van der Waals surface area contributed by atoms with Crippen LogP contribution in [-0.2, 0) is 9.53 Å². The largest absolute Gasteiger partial charge is 0.490 e. The Balaban J connectivity index is 2.29. The first-order valence-corrected chi connectivity index (χ1v) is 8.58. The molecule has 0 bridgehead atoms. The number of hydrogen-bond acceptors (Lipinski definition) is 5. The quantitative estimate of drug-likeness (QED) is 0.539. The lowest BCUT2D eigenvalue weighted by Gasteiger charge is -2.22. The maximum Gasteiger partial charge on any atom is 0.306 e. The van der Waals surface area contributed by atoms with Gasteiger partial charge in [0.25, 0.3) is 0 Å². The number of ether oxygens (including phenoxy) is 2. The fourth-order valence-electron chi connectivity index (χ4n) is 2.94. The van der Waals surface area contributed by atoms with Crippen molar-refractivity contribution >= 4 is 17.4 Å². The van der Waals surface area contributed by atoms with Gasteiger partial charge in [0.2, 0.25) is 0 Å². The molecule has 2 rings (SSSR count). The average Bonchev–Trinajstić information content (AvgIpc) is 2.83. The van der Waals surface area contributed by atoms with Gasteiger partial charge in [-0.25, -0.2) is 4.98 Å². The SMILES string of the molecule is CCOC(=O)CC(C)(C)CC(=O)c1c(C)nc2c(OCC)cccn12. The zero-order valence-electron chi connectivity index (χ0n) is 15.6. The highest BCUT2D eigenvalue weighted by Gasteiger charge is 2.29. The Morgan fingerprint density at radius 2 is 1.92 bits per heavy atom. The Morgan fingerprint density at radius 3 is 2.56 bits per heavy atom. The number of hydrogen-bond donors (Lipinski definition) is 0. The standard InChI is InChI=1S/C19H26N2O4/c1-6-24-15-9-8-10-21-17(13(3)20-18(15)21)14(22)11-19(4,5)12-16(23)25-7-2/h8-10H,6-7,11-12H2,1-5H3. The van der Waals surface area contributed by atoms with Crippen LogP contribution in [0.25, 0.3) is 5.65 Å². The second-order valence-electron chi connectivity index (χ2n) is 6.79. The zero-order valence-corrected chi connectivity index (χ0v) is 15.6. The molecule has 0 unspecified atom stereocenters. The molecule has 2 heterocycles. The van der Waals surface area contributed by atoms with E-state index in [0.717, 1.165) is 0 Å². The summed E-state index contributed by atoms with van der Waals surface area (Å²) < 4.78 is 12.4. The van der Waals surface area contributed by atoms with Gasteiger partial charge in [-0.05, 0) is 38.3 Å². The number of rotatable bonds is 8. The van der Waals surface area contributed by atoms with Crippen molar-refractivity contribution in [3.05, 3.63) is 29.7 Å². The monoisotopic (exact) mass is 346 g/mol. The lowest BCUT2D eigenvalue weighted by atomic mass is 9.83. The topological polar surface area (TPSA) is 69.9 Å². The molecule has 136 valence electrons. The van der Waals surface area contributed by atoms with Crippen LogP contribution in [0.1, 0.15) is 56.7 Å². The summed E-state index contributed by atoms with van der Waals surface area (Å²) in [5.74, 6) is 0.319. The van der Waals surface area contributed by atoms with Gasteiger partial charge < -0.3 is 9.47 Å². The lowest BCUT2D eigenvalue weighted by molar-refractivity contribution is -0.145. The first-order chi connectivity index (χ1) is 11.8. The third kappa shape index (κ3) is 4.38. The van der Waals surface area contributed by atoms with E-state index in [2.05, 4.69) is 4.98 Å². The molecule has 0 radical (unpaired) electrons. The van der Waals surface area contributed by atoms with E-state index in [1.54, 1.807) is 11.3 Å². The van der Waals surface area contributed by atoms with Gasteiger partial charge in [0.15, 0.2) is 17.2 Å². The molecule has 0 aromatic carbocycles. The van der Waals surface area contributed by atoms with E-state index in [1.165, 1.54) is 0 Å². The second-order valence-corrected chi connectivity index (χ2v) is 6.79. The van der Waals surface area contributed by atoms with E-state index in [-0.39, 0.29) is 24.6 Å². The van der Waals surface area contributed by atoms with Crippen LogP contribution in [0, 0.1) is 12.3 Å². The smallest absolute Gasteiger partial charge is 0.306 e. The van der Waals surface area contributed by atoms with Crippen LogP contribution in [0.5, 0.6) is 5.75 Å². The fraction of sp³-hybridized carbons (Fsp3) is 0.526. The molecule has 0 spiro atoms. The van der Waals surface area contributed by atoms with Gasteiger partial charge >= 0.3 is 5.97 Å². The Bertz CT molecular complexity index is 777. The molecule has 25 heavy (non-hydrogen) atoms. The summed E-state index contributed by atoms with van der Waals surface area (Å²) in [5.41, 5.74) is 1.34. The van der Waals surface area contributed by atoms with Crippen molar-refractivity contribution in [1.82, 2.24) is 9.38 Å². The van der Waals surface area contributed by atoms with Gasteiger partial charge in [-0.15, -0.1) is 0 Å². The molecule has 0 aliphatic carbocycles. The van der Waals surface area contributed by atoms with Crippen LogP contribution in [0.15, 0.2) is 18.3 Å². The Morgan fingerprint density at radius 1 is 1.20 bits per heavy atom. The molecule has 0 amide bonds. The summed E-state index contributed by atoms with van der Waals surface area (Å²) in [4.78, 5) is 29.2. The summed E-state index contributed by atoms with van der Waals surface area (Å²) >= 11 is 0. The van der Waals surface area contributed by atoms with E-state index in [0.29, 0.717) is 36.0 Å². The number of fused-ring (bicyclic) bond motifs is 1. The molecule has 6 nitrogen and oxygen atoms in total. The summed E-state index contributed by atoms with van der Waals surface area (Å²) in [6, 6.07) is 3.67. The first kappa shape index (κ1) is 19.0.